The molecule has 90 valence electrons. The van der Waals surface area contributed by atoms with Crippen LogP contribution in [-0.2, 0) is 4.74 Å². The highest BCUT2D eigenvalue weighted by Gasteiger charge is 2.11. The third-order valence-corrected chi connectivity index (χ3v) is 1.95. The predicted molar refractivity (Wildman–Crippen MR) is 60.6 cm³/mol. The summed E-state index contributed by atoms with van der Waals surface area (Å²) in [5.41, 5.74) is -0.0485. The molecule has 7 nitrogen and oxygen atoms in total. The summed E-state index contributed by atoms with van der Waals surface area (Å²) in [6, 6.07) is 3.05. The fraction of sp³-hybridized carbons (Fsp3) is 0.400. The highest BCUT2D eigenvalue weighted by atomic mass is 16.6. The fourth-order valence-electron chi connectivity index (χ4n) is 1.17. The fourth-order valence-corrected chi connectivity index (χ4v) is 1.17. The summed E-state index contributed by atoms with van der Waals surface area (Å²) in [7, 11) is 0. The predicted octanol–water partition coefficient (Wildman–Crippen LogP) is 1.31. The Morgan fingerprint density at radius 1 is 1.71 bits per heavy atom. The van der Waals surface area contributed by atoms with Crippen molar-refractivity contribution in [2.45, 2.75) is 6.92 Å². The maximum Gasteiger partial charge on any atom is 0.289 e. The number of aromatic nitrogens is 1. The molecule has 0 radical (unpaired) electrons. The SMILES string of the molecule is CCOCCNc1ncc([N+](=O)[O-])cc1C#N. The lowest BCUT2D eigenvalue weighted by Gasteiger charge is -2.06. The van der Waals surface area contributed by atoms with Crippen LogP contribution in [0.4, 0.5) is 11.5 Å². The molecule has 1 rings (SSSR count). The summed E-state index contributed by atoms with van der Waals surface area (Å²) < 4.78 is 5.11. The molecule has 0 bridgehead atoms. The molecule has 7 heteroatoms. The van der Waals surface area contributed by atoms with E-state index in [1.54, 1.807) is 0 Å². The molecule has 0 aliphatic carbocycles. The highest BCUT2D eigenvalue weighted by molar-refractivity contribution is 5.55. The van der Waals surface area contributed by atoms with Crippen LogP contribution in [0.5, 0.6) is 0 Å². The Hall–Kier alpha value is -2.20. The van der Waals surface area contributed by atoms with Crippen molar-refractivity contribution in [2.24, 2.45) is 0 Å². The van der Waals surface area contributed by atoms with Gasteiger partial charge in [0.2, 0.25) is 0 Å². The molecule has 1 aromatic heterocycles. The molecule has 0 atom stereocenters. The van der Waals surface area contributed by atoms with Crippen LogP contribution in [0.2, 0.25) is 0 Å². The number of nitriles is 1. The Morgan fingerprint density at radius 3 is 3.06 bits per heavy atom. The third kappa shape index (κ3) is 3.70. The van der Waals surface area contributed by atoms with Crippen LogP contribution in [0, 0.1) is 21.4 Å². The van der Waals surface area contributed by atoms with Gasteiger partial charge in [-0.25, -0.2) is 4.98 Å². The van der Waals surface area contributed by atoms with Crippen molar-refractivity contribution in [1.29, 1.82) is 5.26 Å². The van der Waals surface area contributed by atoms with E-state index in [9.17, 15) is 10.1 Å². The second-order valence-corrected chi connectivity index (χ2v) is 3.08. The van der Waals surface area contributed by atoms with Gasteiger partial charge >= 0.3 is 0 Å². The number of rotatable bonds is 6. The number of pyridine rings is 1. The molecule has 0 unspecified atom stereocenters. The lowest BCUT2D eigenvalue weighted by atomic mass is 10.2. The summed E-state index contributed by atoms with van der Waals surface area (Å²) >= 11 is 0. The zero-order chi connectivity index (χ0) is 12.7. The van der Waals surface area contributed by atoms with Gasteiger partial charge in [-0.15, -0.1) is 0 Å². The third-order valence-electron chi connectivity index (χ3n) is 1.95. The van der Waals surface area contributed by atoms with Gasteiger partial charge in [-0.2, -0.15) is 5.26 Å². The Morgan fingerprint density at radius 2 is 2.47 bits per heavy atom. The summed E-state index contributed by atoms with van der Waals surface area (Å²) in [6.45, 7) is 3.47. The molecular formula is C10H12N4O3. The molecule has 0 saturated carbocycles. The summed E-state index contributed by atoms with van der Waals surface area (Å²) in [4.78, 5) is 13.7. The minimum absolute atomic E-state index is 0.149. The largest absolute Gasteiger partial charge is 0.380 e. The number of nitro groups is 1. The monoisotopic (exact) mass is 236 g/mol. The molecule has 0 aliphatic rings. The quantitative estimate of drug-likeness (QED) is 0.454. The zero-order valence-corrected chi connectivity index (χ0v) is 9.34. The average Bonchev–Trinajstić information content (AvgIpc) is 2.34. The molecule has 17 heavy (non-hydrogen) atoms. The molecule has 0 saturated heterocycles. The van der Waals surface area contributed by atoms with Gasteiger partial charge in [0, 0.05) is 19.2 Å². The maximum atomic E-state index is 10.5. The Bertz CT molecular complexity index is 442. The lowest BCUT2D eigenvalue weighted by molar-refractivity contribution is -0.385. The van der Waals surface area contributed by atoms with Crippen molar-refractivity contribution >= 4 is 11.5 Å². The van der Waals surface area contributed by atoms with Gasteiger partial charge in [-0.3, -0.25) is 10.1 Å². The van der Waals surface area contributed by atoms with E-state index in [4.69, 9.17) is 10.00 Å². The second kappa shape index (κ2) is 6.40. The van der Waals surface area contributed by atoms with Crippen LogP contribution in [-0.4, -0.2) is 29.7 Å². The van der Waals surface area contributed by atoms with Gasteiger partial charge in [-0.05, 0) is 6.92 Å². The van der Waals surface area contributed by atoms with E-state index in [0.717, 1.165) is 6.20 Å². The summed E-state index contributed by atoms with van der Waals surface area (Å²) in [6.07, 6.45) is 1.11. The highest BCUT2D eigenvalue weighted by Crippen LogP contribution is 2.17. The summed E-state index contributed by atoms with van der Waals surface area (Å²) in [5, 5.41) is 22.2. The van der Waals surface area contributed by atoms with Crippen molar-refractivity contribution in [3.05, 3.63) is 27.9 Å². The Balaban J connectivity index is 2.73. The molecule has 0 spiro atoms. The van der Waals surface area contributed by atoms with Crippen LogP contribution in [0.25, 0.3) is 0 Å². The first-order chi connectivity index (χ1) is 8.19. The van der Waals surface area contributed by atoms with Gasteiger partial charge in [0.25, 0.3) is 5.69 Å². The van der Waals surface area contributed by atoms with E-state index >= 15 is 0 Å². The van der Waals surface area contributed by atoms with E-state index in [0.29, 0.717) is 25.6 Å². The van der Waals surface area contributed by atoms with E-state index in [1.807, 2.05) is 13.0 Å². The van der Waals surface area contributed by atoms with Crippen LogP contribution in [0.15, 0.2) is 12.3 Å². The van der Waals surface area contributed by atoms with Crippen molar-refractivity contribution in [2.75, 3.05) is 25.1 Å². The standard InChI is InChI=1S/C10H12N4O3/c1-2-17-4-3-12-10-8(6-11)5-9(7-13-10)14(15)16/h5,7H,2-4H2,1H3,(H,12,13). The number of nitrogens with zero attached hydrogens (tertiary/aromatic N) is 3. The molecule has 0 aliphatic heterocycles. The van der Waals surface area contributed by atoms with Crippen molar-refractivity contribution in [1.82, 2.24) is 4.98 Å². The first-order valence-electron chi connectivity index (χ1n) is 5.05. The summed E-state index contributed by atoms with van der Waals surface area (Å²) in [5.74, 6) is 0.331. The van der Waals surface area contributed by atoms with Gasteiger partial charge in [0.05, 0.1) is 11.5 Å². The average molecular weight is 236 g/mol. The van der Waals surface area contributed by atoms with Crippen molar-refractivity contribution in [3.8, 4) is 6.07 Å². The van der Waals surface area contributed by atoms with Gasteiger partial charge in [0.15, 0.2) is 0 Å². The molecule has 0 aromatic carbocycles. The lowest BCUT2D eigenvalue weighted by Crippen LogP contribution is -2.11. The number of anilines is 1. The van der Waals surface area contributed by atoms with Crippen molar-refractivity contribution < 1.29 is 9.66 Å². The Labute approximate surface area is 98.2 Å². The number of ether oxygens (including phenoxy) is 1. The molecule has 1 N–H and O–H groups in total. The molecule has 1 heterocycles. The molecule has 0 fully saturated rings. The number of hydrogen-bond acceptors (Lipinski definition) is 6. The topological polar surface area (TPSA) is 101 Å². The first kappa shape index (κ1) is 12.9. The van der Waals surface area contributed by atoms with E-state index in [-0.39, 0.29) is 11.3 Å². The van der Waals surface area contributed by atoms with Crippen molar-refractivity contribution in [3.63, 3.8) is 0 Å². The number of hydrogen-bond donors (Lipinski definition) is 1. The smallest absolute Gasteiger partial charge is 0.289 e. The van der Waals surface area contributed by atoms with Crippen LogP contribution in [0.3, 0.4) is 0 Å². The number of nitrogens with one attached hydrogen (secondary N) is 1. The zero-order valence-electron chi connectivity index (χ0n) is 9.34. The minimum atomic E-state index is -0.586. The van der Waals surface area contributed by atoms with Gasteiger partial charge in [-0.1, -0.05) is 0 Å². The molecular weight excluding hydrogens is 224 g/mol. The van der Waals surface area contributed by atoms with E-state index in [1.165, 1.54) is 6.07 Å². The van der Waals surface area contributed by atoms with E-state index < -0.39 is 4.92 Å². The van der Waals surface area contributed by atoms with E-state index in [2.05, 4.69) is 10.3 Å². The van der Waals surface area contributed by atoms with Crippen LogP contribution >= 0.6 is 0 Å². The van der Waals surface area contributed by atoms with Crippen LogP contribution in [0.1, 0.15) is 12.5 Å². The molecule has 0 amide bonds. The first-order valence-corrected chi connectivity index (χ1v) is 5.05. The minimum Gasteiger partial charge on any atom is -0.380 e. The normalized spacial score (nSPS) is 9.65. The second-order valence-electron chi connectivity index (χ2n) is 3.08. The van der Waals surface area contributed by atoms with Gasteiger partial charge < -0.3 is 10.1 Å². The van der Waals surface area contributed by atoms with Gasteiger partial charge in [0.1, 0.15) is 23.6 Å². The maximum absolute atomic E-state index is 10.5. The molecule has 1 aromatic rings. The Kier molecular flexibility index (Phi) is 4.84. The van der Waals surface area contributed by atoms with Crippen LogP contribution < -0.4 is 5.32 Å².